The predicted octanol–water partition coefficient (Wildman–Crippen LogP) is 3.56. The smallest absolute Gasteiger partial charge is 0.328 e. The van der Waals surface area contributed by atoms with E-state index in [9.17, 15) is 9.59 Å². The number of piperazine rings is 1. The number of aromatic nitrogens is 3. The number of nitrogens with zero attached hydrogens (tertiary/aromatic N) is 3. The maximum Gasteiger partial charge on any atom is 0.328 e. The van der Waals surface area contributed by atoms with Crippen LogP contribution in [0.25, 0.3) is 22.3 Å². The second-order valence-corrected chi connectivity index (χ2v) is 9.13. The van der Waals surface area contributed by atoms with Crippen molar-refractivity contribution in [1.29, 1.82) is 0 Å². The van der Waals surface area contributed by atoms with E-state index < -0.39 is 0 Å². The Kier molecular flexibility index (Phi) is 6.66. The maximum absolute atomic E-state index is 13.1. The molecule has 1 aliphatic rings. The second kappa shape index (κ2) is 10.0. The van der Waals surface area contributed by atoms with E-state index in [1.165, 1.54) is 4.57 Å². The summed E-state index contributed by atoms with van der Waals surface area (Å²) in [6.45, 7) is 4.81. The van der Waals surface area contributed by atoms with Gasteiger partial charge in [-0.15, -0.1) is 0 Å². The fraction of sp³-hybridized carbons (Fsp3) is 0.308. The normalized spacial score (nSPS) is 14.5. The first-order valence-electron chi connectivity index (χ1n) is 11.8. The number of hydrogen-bond acceptors (Lipinski definition) is 5. The van der Waals surface area contributed by atoms with Crippen LogP contribution in [0.15, 0.2) is 64.2 Å². The first-order chi connectivity index (χ1) is 17.0. The molecule has 182 valence electrons. The fourth-order valence-electron chi connectivity index (χ4n) is 4.63. The SMILES string of the molecule is COc1ccc(-c2cc3[nH]c(=O)n(CCCN4CCN(c5ccccc5Cl)CC4)c(=O)c3[nH]2)cc1. The maximum atomic E-state index is 13.1. The van der Waals surface area contributed by atoms with Crippen molar-refractivity contribution >= 4 is 28.3 Å². The van der Waals surface area contributed by atoms with E-state index in [-0.39, 0.29) is 11.2 Å². The monoisotopic (exact) mass is 493 g/mol. The van der Waals surface area contributed by atoms with Gasteiger partial charge in [0.2, 0.25) is 0 Å². The molecule has 2 aromatic carbocycles. The van der Waals surface area contributed by atoms with Crippen LogP contribution in [0.1, 0.15) is 6.42 Å². The number of hydrogen-bond donors (Lipinski definition) is 2. The Labute approximate surface area is 207 Å². The first kappa shape index (κ1) is 23.3. The van der Waals surface area contributed by atoms with Gasteiger partial charge in [0, 0.05) is 38.4 Å². The van der Waals surface area contributed by atoms with E-state index in [0.717, 1.165) is 60.4 Å². The summed E-state index contributed by atoms with van der Waals surface area (Å²) in [5, 5.41) is 0.773. The fourth-order valence-corrected chi connectivity index (χ4v) is 4.89. The Morgan fingerprint density at radius 2 is 1.69 bits per heavy atom. The summed E-state index contributed by atoms with van der Waals surface area (Å²) in [6.07, 6.45) is 0.715. The number of methoxy groups -OCH3 is 1. The molecule has 0 radical (unpaired) electrons. The molecule has 2 N–H and O–H groups in total. The Bertz CT molecular complexity index is 1430. The summed E-state index contributed by atoms with van der Waals surface area (Å²) in [4.78, 5) is 36.4. The van der Waals surface area contributed by atoms with Crippen LogP contribution < -0.4 is 20.9 Å². The van der Waals surface area contributed by atoms with Crippen molar-refractivity contribution in [3.05, 3.63) is 80.5 Å². The Hall–Kier alpha value is -3.49. The van der Waals surface area contributed by atoms with Crippen LogP contribution in [0.5, 0.6) is 5.75 Å². The van der Waals surface area contributed by atoms with Crippen molar-refractivity contribution in [1.82, 2.24) is 19.4 Å². The van der Waals surface area contributed by atoms with Gasteiger partial charge >= 0.3 is 5.69 Å². The van der Waals surface area contributed by atoms with E-state index in [2.05, 4.69) is 19.8 Å². The molecule has 9 heteroatoms. The number of para-hydroxylation sites is 1. The first-order valence-corrected chi connectivity index (χ1v) is 12.1. The van der Waals surface area contributed by atoms with Crippen LogP contribution >= 0.6 is 11.6 Å². The largest absolute Gasteiger partial charge is 0.497 e. The van der Waals surface area contributed by atoms with Gasteiger partial charge in [0.1, 0.15) is 11.3 Å². The molecule has 0 unspecified atom stereocenters. The molecular weight excluding hydrogens is 466 g/mol. The zero-order valence-corrected chi connectivity index (χ0v) is 20.3. The molecule has 4 aromatic rings. The van der Waals surface area contributed by atoms with Crippen LogP contribution in [-0.4, -0.2) is 59.3 Å². The van der Waals surface area contributed by atoms with Crippen molar-refractivity contribution in [2.75, 3.05) is 44.7 Å². The van der Waals surface area contributed by atoms with Crippen molar-refractivity contribution in [2.45, 2.75) is 13.0 Å². The van der Waals surface area contributed by atoms with Gasteiger partial charge in [-0.3, -0.25) is 14.3 Å². The molecule has 0 aliphatic carbocycles. The van der Waals surface area contributed by atoms with Crippen LogP contribution in [0.2, 0.25) is 5.02 Å². The van der Waals surface area contributed by atoms with Crippen LogP contribution in [0, 0.1) is 0 Å². The van der Waals surface area contributed by atoms with Crippen LogP contribution in [-0.2, 0) is 6.54 Å². The Morgan fingerprint density at radius 3 is 2.40 bits per heavy atom. The minimum Gasteiger partial charge on any atom is -0.497 e. The summed E-state index contributed by atoms with van der Waals surface area (Å²) in [5.41, 5.74) is 2.98. The average molecular weight is 494 g/mol. The lowest BCUT2D eigenvalue weighted by Crippen LogP contribution is -2.47. The van der Waals surface area contributed by atoms with Crippen molar-refractivity contribution in [3.63, 3.8) is 0 Å². The highest BCUT2D eigenvalue weighted by molar-refractivity contribution is 6.33. The molecule has 35 heavy (non-hydrogen) atoms. The predicted molar refractivity (Wildman–Crippen MR) is 140 cm³/mol. The van der Waals surface area contributed by atoms with Crippen LogP contribution in [0.3, 0.4) is 0 Å². The molecule has 0 bridgehead atoms. The third kappa shape index (κ3) is 4.85. The lowest BCUT2D eigenvalue weighted by atomic mass is 10.1. The number of benzene rings is 2. The number of ether oxygens (including phenoxy) is 1. The number of anilines is 1. The standard InChI is InChI=1S/C26H28ClN5O3/c1-35-19-9-7-18(8-10-19)21-17-22-24(28-21)25(33)32(26(34)29-22)12-4-11-30-13-15-31(16-14-30)23-6-3-2-5-20(23)27/h2-3,5-10,17,28H,4,11-16H2,1H3,(H,29,34). The van der Waals surface area contributed by atoms with E-state index in [1.54, 1.807) is 13.2 Å². The summed E-state index contributed by atoms with van der Waals surface area (Å²) >= 11 is 6.34. The average Bonchev–Trinajstić information content (AvgIpc) is 3.31. The molecule has 1 aliphatic heterocycles. The number of halogens is 1. The summed E-state index contributed by atoms with van der Waals surface area (Å²) in [6, 6.07) is 17.2. The summed E-state index contributed by atoms with van der Waals surface area (Å²) in [5.74, 6) is 0.755. The van der Waals surface area contributed by atoms with Gasteiger partial charge in [0.25, 0.3) is 5.56 Å². The highest BCUT2D eigenvalue weighted by Gasteiger charge is 2.19. The zero-order chi connectivity index (χ0) is 24.4. The van der Waals surface area contributed by atoms with Crippen molar-refractivity contribution < 1.29 is 4.74 Å². The number of nitrogens with one attached hydrogen (secondary N) is 2. The Balaban J connectivity index is 1.23. The van der Waals surface area contributed by atoms with E-state index in [0.29, 0.717) is 24.0 Å². The van der Waals surface area contributed by atoms with Gasteiger partial charge in [-0.25, -0.2) is 4.79 Å². The lowest BCUT2D eigenvalue weighted by Gasteiger charge is -2.36. The number of fused-ring (bicyclic) bond motifs is 1. The molecule has 1 saturated heterocycles. The van der Waals surface area contributed by atoms with Crippen molar-refractivity contribution in [3.8, 4) is 17.0 Å². The van der Waals surface area contributed by atoms with E-state index in [1.807, 2.05) is 48.5 Å². The van der Waals surface area contributed by atoms with Gasteiger partial charge in [0.15, 0.2) is 0 Å². The summed E-state index contributed by atoms with van der Waals surface area (Å²) < 4.78 is 6.49. The number of aromatic amines is 2. The van der Waals surface area contributed by atoms with Crippen LogP contribution in [0.4, 0.5) is 5.69 Å². The summed E-state index contributed by atoms with van der Waals surface area (Å²) in [7, 11) is 1.62. The molecule has 2 aromatic heterocycles. The van der Waals surface area contributed by atoms with Crippen molar-refractivity contribution in [2.24, 2.45) is 0 Å². The molecule has 0 amide bonds. The lowest BCUT2D eigenvalue weighted by molar-refractivity contribution is 0.249. The number of H-pyrrole nitrogens is 2. The molecular formula is C26H28ClN5O3. The number of rotatable bonds is 7. The molecule has 3 heterocycles. The minimum atomic E-state index is -0.383. The molecule has 5 rings (SSSR count). The third-order valence-electron chi connectivity index (χ3n) is 6.59. The van der Waals surface area contributed by atoms with Gasteiger partial charge in [0.05, 0.1) is 23.3 Å². The van der Waals surface area contributed by atoms with Gasteiger partial charge < -0.3 is 19.6 Å². The van der Waals surface area contributed by atoms with E-state index in [4.69, 9.17) is 16.3 Å². The molecule has 0 saturated carbocycles. The van der Waals surface area contributed by atoms with Gasteiger partial charge in [-0.05, 0) is 61.0 Å². The second-order valence-electron chi connectivity index (χ2n) is 8.72. The molecule has 8 nitrogen and oxygen atoms in total. The third-order valence-corrected chi connectivity index (χ3v) is 6.91. The van der Waals surface area contributed by atoms with Gasteiger partial charge in [-0.2, -0.15) is 0 Å². The van der Waals surface area contributed by atoms with E-state index >= 15 is 0 Å². The quantitative estimate of drug-likeness (QED) is 0.411. The minimum absolute atomic E-state index is 0.299. The molecule has 1 fully saturated rings. The molecule has 0 atom stereocenters. The Morgan fingerprint density at radius 1 is 0.943 bits per heavy atom. The zero-order valence-electron chi connectivity index (χ0n) is 19.6. The highest BCUT2D eigenvalue weighted by Crippen LogP contribution is 2.26. The molecule has 0 spiro atoms. The topological polar surface area (TPSA) is 86.4 Å². The highest BCUT2D eigenvalue weighted by atomic mass is 35.5. The van der Waals surface area contributed by atoms with Gasteiger partial charge in [-0.1, -0.05) is 23.7 Å².